The van der Waals surface area contributed by atoms with Crippen LogP contribution < -0.4 is 18.9 Å². The van der Waals surface area contributed by atoms with Crippen LogP contribution in [0.4, 0.5) is 8.78 Å². The zero-order valence-electron chi connectivity index (χ0n) is 17.4. The predicted octanol–water partition coefficient (Wildman–Crippen LogP) is 4.46. The molecule has 1 heterocycles. The Hall–Kier alpha value is -3.03. The Balaban J connectivity index is 1.90. The number of benzene rings is 2. The second-order valence-corrected chi connectivity index (χ2v) is 6.80. The molecule has 0 spiro atoms. The number of rotatable bonds is 7. The number of ether oxygens (including phenoxy) is 4. The van der Waals surface area contributed by atoms with Gasteiger partial charge < -0.3 is 23.8 Å². The van der Waals surface area contributed by atoms with Crippen molar-refractivity contribution in [1.82, 2.24) is 4.90 Å². The van der Waals surface area contributed by atoms with E-state index in [0.29, 0.717) is 30.0 Å². The van der Waals surface area contributed by atoms with Gasteiger partial charge in [-0.05, 0) is 61.7 Å². The molecule has 0 N–H and O–H groups in total. The Morgan fingerprint density at radius 3 is 2.43 bits per heavy atom. The van der Waals surface area contributed by atoms with Gasteiger partial charge in [-0.25, -0.2) is 0 Å². The summed E-state index contributed by atoms with van der Waals surface area (Å²) in [6.07, 6.45) is 0.663. The molecular weight excluding hydrogens is 396 g/mol. The van der Waals surface area contributed by atoms with Gasteiger partial charge >= 0.3 is 6.61 Å². The van der Waals surface area contributed by atoms with Crippen molar-refractivity contribution in [2.24, 2.45) is 0 Å². The van der Waals surface area contributed by atoms with Crippen LogP contribution in [-0.4, -0.2) is 44.8 Å². The molecule has 6 nitrogen and oxygen atoms in total. The van der Waals surface area contributed by atoms with Crippen LogP contribution >= 0.6 is 0 Å². The molecule has 1 atom stereocenters. The van der Waals surface area contributed by atoms with E-state index in [1.54, 1.807) is 26.0 Å². The van der Waals surface area contributed by atoms with E-state index in [1.165, 1.54) is 18.2 Å². The van der Waals surface area contributed by atoms with Gasteiger partial charge in [0.15, 0.2) is 23.0 Å². The fraction of sp³-hybridized carbons (Fsp3) is 0.409. The van der Waals surface area contributed by atoms with E-state index in [-0.39, 0.29) is 30.1 Å². The predicted molar refractivity (Wildman–Crippen MR) is 107 cm³/mol. The summed E-state index contributed by atoms with van der Waals surface area (Å²) in [5.74, 6) is 1.05. The first-order valence-electron chi connectivity index (χ1n) is 9.67. The number of nitrogens with zero attached hydrogens (tertiary/aromatic N) is 1. The maximum Gasteiger partial charge on any atom is 0.387 e. The third-order valence-electron chi connectivity index (χ3n) is 5.15. The van der Waals surface area contributed by atoms with E-state index in [2.05, 4.69) is 4.74 Å². The van der Waals surface area contributed by atoms with Crippen molar-refractivity contribution in [3.05, 3.63) is 47.0 Å². The monoisotopic (exact) mass is 421 g/mol. The Bertz CT molecular complexity index is 919. The van der Waals surface area contributed by atoms with Crippen LogP contribution in [0.2, 0.25) is 0 Å². The van der Waals surface area contributed by atoms with Crippen LogP contribution in [0.3, 0.4) is 0 Å². The first-order chi connectivity index (χ1) is 14.4. The molecule has 1 aliphatic heterocycles. The lowest BCUT2D eigenvalue weighted by Crippen LogP contribution is -2.38. The van der Waals surface area contributed by atoms with Crippen molar-refractivity contribution in [3.63, 3.8) is 0 Å². The molecule has 162 valence electrons. The van der Waals surface area contributed by atoms with Crippen LogP contribution in [0, 0.1) is 0 Å². The van der Waals surface area contributed by atoms with Gasteiger partial charge in [0.05, 0.1) is 26.9 Å². The molecule has 2 aromatic carbocycles. The number of hydrogen-bond acceptors (Lipinski definition) is 5. The average Bonchev–Trinajstić information content (AvgIpc) is 2.73. The fourth-order valence-corrected chi connectivity index (χ4v) is 3.69. The van der Waals surface area contributed by atoms with Crippen molar-refractivity contribution < 1.29 is 32.5 Å². The van der Waals surface area contributed by atoms with Crippen LogP contribution in [-0.2, 0) is 6.42 Å². The molecule has 3 rings (SSSR count). The average molecular weight is 421 g/mol. The molecule has 2 aromatic rings. The summed E-state index contributed by atoms with van der Waals surface area (Å²) in [5.41, 5.74) is 2.42. The lowest BCUT2D eigenvalue weighted by molar-refractivity contribution is -0.0514. The molecule has 0 aliphatic carbocycles. The number of alkyl halides is 2. The zero-order valence-corrected chi connectivity index (χ0v) is 17.4. The smallest absolute Gasteiger partial charge is 0.387 e. The highest BCUT2D eigenvalue weighted by molar-refractivity contribution is 5.95. The molecule has 0 bridgehead atoms. The maximum absolute atomic E-state index is 13.2. The number of fused-ring (bicyclic) bond motifs is 1. The van der Waals surface area contributed by atoms with Gasteiger partial charge in [0.25, 0.3) is 5.91 Å². The van der Waals surface area contributed by atoms with Gasteiger partial charge in [-0.1, -0.05) is 0 Å². The Morgan fingerprint density at radius 1 is 1.10 bits per heavy atom. The maximum atomic E-state index is 13.2. The van der Waals surface area contributed by atoms with Gasteiger partial charge in [-0.3, -0.25) is 4.79 Å². The molecule has 1 amide bonds. The molecular formula is C22H25F2NO5. The largest absolute Gasteiger partial charge is 0.493 e. The summed E-state index contributed by atoms with van der Waals surface area (Å²) < 4.78 is 45.9. The summed E-state index contributed by atoms with van der Waals surface area (Å²) in [4.78, 5) is 15.0. The fourth-order valence-electron chi connectivity index (χ4n) is 3.69. The SMILES string of the molecule is CCOc1cc(C(=O)N2CCc3cc(OC)c(OC)cc3[C@@H]2C)ccc1OC(F)F. The molecule has 1 aliphatic rings. The lowest BCUT2D eigenvalue weighted by atomic mass is 9.92. The van der Waals surface area contributed by atoms with Gasteiger partial charge in [0.1, 0.15) is 0 Å². The Kier molecular flexibility index (Phi) is 6.64. The molecule has 0 unspecified atom stereocenters. The van der Waals surface area contributed by atoms with Crippen LogP contribution in [0.15, 0.2) is 30.3 Å². The van der Waals surface area contributed by atoms with Crippen molar-refractivity contribution in [2.45, 2.75) is 32.9 Å². The van der Waals surface area contributed by atoms with Gasteiger partial charge in [-0.15, -0.1) is 0 Å². The van der Waals surface area contributed by atoms with E-state index < -0.39 is 6.61 Å². The quantitative estimate of drug-likeness (QED) is 0.661. The third-order valence-corrected chi connectivity index (χ3v) is 5.15. The zero-order chi connectivity index (χ0) is 21.8. The number of hydrogen-bond donors (Lipinski definition) is 0. The number of methoxy groups -OCH3 is 2. The number of carbonyl (C=O) groups is 1. The molecule has 0 saturated heterocycles. The Labute approximate surface area is 174 Å². The van der Waals surface area contributed by atoms with E-state index in [4.69, 9.17) is 14.2 Å². The molecule has 8 heteroatoms. The topological polar surface area (TPSA) is 57.2 Å². The normalized spacial score (nSPS) is 15.6. The minimum Gasteiger partial charge on any atom is -0.493 e. The van der Waals surface area contributed by atoms with Gasteiger partial charge in [0.2, 0.25) is 0 Å². The molecule has 0 fully saturated rings. The van der Waals surface area contributed by atoms with Gasteiger partial charge in [0, 0.05) is 12.1 Å². The Morgan fingerprint density at radius 2 is 1.80 bits per heavy atom. The summed E-state index contributed by atoms with van der Waals surface area (Å²) >= 11 is 0. The first-order valence-corrected chi connectivity index (χ1v) is 9.67. The summed E-state index contributed by atoms with van der Waals surface area (Å²) in [5, 5.41) is 0. The highest BCUT2D eigenvalue weighted by Crippen LogP contribution is 2.39. The van der Waals surface area contributed by atoms with Crippen molar-refractivity contribution >= 4 is 5.91 Å². The second kappa shape index (κ2) is 9.19. The van der Waals surface area contributed by atoms with E-state index >= 15 is 0 Å². The van der Waals surface area contributed by atoms with Crippen molar-refractivity contribution in [1.29, 1.82) is 0 Å². The minimum absolute atomic E-state index is 0.0998. The van der Waals surface area contributed by atoms with E-state index in [1.807, 2.05) is 19.1 Å². The highest BCUT2D eigenvalue weighted by atomic mass is 19.3. The molecule has 0 aromatic heterocycles. The molecule has 0 saturated carbocycles. The summed E-state index contributed by atoms with van der Waals surface area (Å²) in [7, 11) is 3.16. The number of carbonyl (C=O) groups excluding carboxylic acids is 1. The van der Waals surface area contributed by atoms with E-state index in [9.17, 15) is 13.6 Å². The summed E-state index contributed by atoms with van der Waals surface area (Å²) in [6, 6.07) is 7.88. The minimum atomic E-state index is -2.98. The third kappa shape index (κ3) is 4.27. The summed E-state index contributed by atoms with van der Waals surface area (Å²) in [6.45, 7) is 1.47. The highest BCUT2D eigenvalue weighted by Gasteiger charge is 2.30. The number of halogens is 2. The van der Waals surface area contributed by atoms with E-state index in [0.717, 1.165) is 11.1 Å². The first kappa shape index (κ1) is 21.7. The van der Waals surface area contributed by atoms with Crippen LogP contribution in [0.5, 0.6) is 23.0 Å². The second-order valence-electron chi connectivity index (χ2n) is 6.80. The molecule has 30 heavy (non-hydrogen) atoms. The lowest BCUT2D eigenvalue weighted by Gasteiger charge is -2.36. The number of amides is 1. The van der Waals surface area contributed by atoms with Crippen LogP contribution in [0.1, 0.15) is 41.4 Å². The standard InChI is InChI=1S/C22H25F2NO5/c1-5-29-20-11-15(6-7-17(20)30-22(23)24)21(26)25-9-8-14-10-18(27-3)19(28-4)12-16(14)13(25)2/h6-7,10-13,22H,5,8-9H2,1-4H3/t13-/m0/s1. The molecule has 0 radical (unpaired) electrons. The van der Waals surface area contributed by atoms with Gasteiger partial charge in [-0.2, -0.15) is 8.78 Å². The van der Waals surface area contributed by atoms with Crippen LogP contribution in [0.25, 0.3) is 0 Å². The van der Waals surface area contributed by atoms with Crippen molar-refractivity contribution in [3.8, 4) is 23.0 Å². The van der Waals surface area contributed by atoms with Crippen molar-refractivity contribution in [2.75, 3.05) is 27.4 Å².